The summed E-state index contributed by atoms with van der Waals surface area (Å²) in [5.41, 5.74) is 0. The van der Waals surface area contributed by atoms with Crippen molar-refractivity contribution >= 4 is 5.91 Å². The van der Waals surface area contributed by atoms with Crippen molar-refractivity contribution in [2.24, 2.45) is 0 Å². The van der Waals surface area contributed by atoms with E-state index in [-0.39, 0.29) is 5.91 Å². The summed E-state index contributed by atoms with van der Waals surface area (Å²) in [4.78, 5) is 9.70. The molecule has 0 aromatic heterocycles. The van der Waals surface area contributed by atoms with Crippen LogP contribution in [-0.4, -0.2) is 26.0 Å². The van der Waals surface area contributed by atoms with E-state index in [0.29, 0.717) is 0 Å². The Bertz CT molecular complexity index is 82.0. The lowest BCUT2D eigenvalue weighted by molar-refractivity contribution is -0.118. The van der Waals surface area contributed by atoms with Crippen LogP contribution in [0.25, 0.3) is 0 Å². The molecule has 3 nitrogen and oxygen atoms in total. The maximum atomic E-state index is 9.70. The molecular weight excluding hydrogens is 128 g/mol. The van der Waals surface area contributed by atoms with Crippen molar-refractivity contribution in [2.45, 2.75) is 19.8 Å². The van der Waals surface area contributed by atoms with Crippen molar-refractivity contribution in [1.82, 2.24) is 10.6 Å². The number of rotatable bonds is 0. The van der Waals surface area contributed by atoms with Crippen LogP contribution in [0.15, 0.2) is 0 Å². The van der Waals surface area contributed by atoms with E-state index in [2.05, 4.69) is 10.6 Å². The van der Waals surface area contributed by atoms with Gasteiger partial charge in [-0.2, -0.15) is 0 Å². The quantitative estimate of drug-likeness (QED) is 0.507. The molecule has 1 saturated heterocycles. The molecule has 1 amide bonds. The van der Waals surface area contributed by atoms with Crippen molar-refractivity contribution in [2.75, 3.05) is 20.1 Å². The van der Waals surface area contributed by atoms with Gasteiger partial charge in [0.15, 0.2) is 0 Å². The van der Waals surface area contributed by atoms with Gasteiger partial charge in [-0.15, -0.1) is 0 Å². The molecular formula is C7H16N2O. The second-order valence-corrected chi connectivity index (χ2v) is 2.26. The highest BCUT2D eigenvalue weighted by atomic mass is 16.1. The predicted molar refractivity (Wildman–Crippen MR) is 41.8 cm³/mol. The molecule has 0 saturated carbocycles. The van der Waals surface area contributed by atoms with Crippen LogP contribution in [0.3, 0.4) is 0 Å². The van der Waals surface area contributed by atoms with Crippen LogP contribution < -0.4 is 10.6 Å². The van der Waals surface area contributed by atoms with Crippen molar-refractivity contribution in [3.05, 3.63) is 0 Å². The van der Waals surface area contributed by atoms with Crippen molar-refractivity contribution < 1.29 is 4.79 Å². The SMILES string of the molecule is C1CCNC1.CNC(C)=O. The normalized spacial score (nSPS) is 15.4. The molecule has 0 aromatic rings. The molecule has 2 N–H and O–H groups in total. The van der Waals surface area contributed by atoms with Crippen LogP contribution in [0, 0.1) is 0 Å². The van der Waals surface area contributed by atoms with E-state index in [1.807, 2.05) is 0 Å². The minimum absolute atomic E-state index is 0.00463. The van der Waals surface area contributed by atoms with Gasteiger partial charge in [0, 0.05) is 14.0 Å². The Labute approximate surface area is 62.2 Å². The van der Waals surface area contributed by atoms with Gasteiger partial charge < -0.3 is 10.6 Å². The van der Waals surface area contributed by atoms with Gasteiger partial charge in [0.25, 0.3) is 0 Å². The van der Waals surface area contributed by atoms with Crippen LogP contribution >= 0.6 is 0 Å². The first-order valence-electron chi connectivity index (χ1n) is 3.66. The number of nitrogens with one attached hydrogen (secondary N) is 2. The molecule has 0 bridgehead atoms. The summed E-state index contributed by atoms with van der Waals surface area (Å²) < 4.78 is 0. The minimum Gasteiger partial charge on any atom is -0.359 e. The number of hydrogen-bond acceptors (Lipinski definition) is 2. The lowest BCUT2D eigenvalue weighted by Crippen LogP contribution is -2.11. The Balaban J connectivity index is 0.000000162. The first kappa shape index (κ1) is 9.43. The third-order valence-corrected chi connectivity index (χ3v) is 1.31. The zero-order valence-corrected chi connectivity index (χ0v) is 6.74. The van der Waals surface area contributed by atoms with Gasteiger partial charge in [0.1, 0.15) is 0 Å². The standard InChI is InChI=1S/C4H9N.C3H7NO/c1-2-4-5-3-1;1-3(5)4-2/h5H,1-4H2;1-2H3,(H,4,5). The van der Waals surface area contributed by atoms with E-state index in [0.717, 1.165) is 0 Å². The number of carbonyl (C=O) groups is 1. The number of amides is 1. The molecule has 0 atom stereocenters. The largest absolute Gasteiger partial charge is 0.359 e. The van der Waals surface area contributed by atoms with Gasteiger partial charge in [-0.05, 0) is 25.9 Å². The van der Waals surface area contributed by atoms with E-state index in [1.165, 1.54) is 32.9 Å². The molecule has 0 radical (unpaired) electrons. The molecule has 0 aliphatic carbocycles. The molecule has 1 heterocycles. The molecule has 1 aliphatic heterocycles. The third kappa shape index (κ3) is 7.43. The topological polar surface area (TPSA) is 41.1 Å². The van der Waals surface area contributed by atoms with E-state index >= 15 is 0 Å². The lowest BCUT2D eigenvalue weighted by atomic mass is 10.4. The van der Waals surface area contributed by atoms with Crippen molar-refractivity contribution in [1.29, 1.82) is 0 Å². The summed E-state index contributed by atoms with van der Waals surface area (Å²) in [5, 5.41) is 5.61. The average molecular weight is 144 g/mol. The molecule has 1 aliphatic rings. The zero-order chi connectivity index (χ0) is 7.82. The maximum Gasteiger partial charge on any atom is 0.216 e. The fourth-order valence-corrected chi connectivity index (χ4v) is 0.625. The molecule has 60 valence electrons. The fourth-order valence-electron chi connectivity index (χ4n) is 0.625. The van der Waals surface area contributed by atoms with Gasteiger partial charge >= 0.3 is 0 Å². The maximum absolute atomic E-state index is 9.70. The molecule has 3 heteroatoms. The monoisotopic (exact) mass is 144 g/mol. The van der Waals surface area contributed by atoms with Gasteiger partial charge in [0.05, 0.1) is 0 Å². The number of hydrogen-bond donors (Lipinski definition) is 2. The summed E-state index contributed by atoms with van der Waals surface area (Å²) in [5.74, 6) is 0.00463. The third-order valence-electron chi connectivity index (χ3n) is 1.31. The highest BCUT2D eigenvalue weighted by Gasteiger charge is 1.93. The van der Waals surface area contributed by atoms with Crippen molar-refractivity contribution in [3.8, 4) is 0 Å². The van der Waals surface area contributed by atoms with E-state index < -0.39 is 0 Å². The summed E-state index contributed by atoms with van der Waals surface area (Å²) in [7, 11) is 1.60. The van der Waals surface area contributed by atoms with Gasteiger partial charge in [-0.1, -0.05) is 0 Å². The molecule has 0 aromatic carbocycles. The smallest absolute Gasteiger partial charge is 0.216 e. The highest BCUT2D eigenvalue weighted by Crippen LogP contribution is 1.90. The summed E-state index contributed by atoms with van der Waals surface area (Å²) in [6.07, 6.45) is 2.78. The number of carbonyl (C=O) groups excluding carboxylic acids is 1. The van der Waals surface area contributed by atoms with Gasteiger partial charge in [-0.25, -0.2) is 0 Å². The van der Waals surface area contributed by atoms with E-state index in [1.54, 1.807) is 7.05 Å². The summed E-state index contributed by atoms with van der Waals surface area (Å²) in [6, 6.07) is 0. The summed E-state index contributed by atoms with van der Waals surface area (Å²) in [6.45, 7) is 3.97. The molecule has 0 spiro atoms. The second kappa shape index (κ2) is 6.55. The van der Waals surface area contributed by atoms with Crippen LogP contribution in [-0.2, 0) is 4.79 Å². The zero-order valence-electron chi connectivity index (χ0n) is 6.74. The van der Waals surface area contributed by atoms with Crippen molar-refractivity contribution in [3.63, 3.8) is 0 Å². The Kier molecular flexibility index (Phi) is 6.18. The van der Waals surface area contributed by atoms with E-state index in [9.17, 15) is 4.79 Å². The lowest BCUT2D eigenvalue weighted by Gasteiger charge is -1.80. The van der Waals surface area contributed by atoms with Crippen LogP contribution in [0.2, 0.25) is 0 Å². The predicted octanol–water partition coefficient (Wildman–Crippen LogP) is 0.122. The van der Waals surface area contributed by atoms with Gasteiger partial charge in [-0.3, -0.25) is 4.79 Å². The fraction of sp³-hybridized carbons (Fsp3) is 0.857. The average Bonchev–Trinajstić information content (AvgIpc) is 2.43. The van der Waals surface area contributed by atoms with Crippen LogP contribution in [0.1, 0.15) is 19.8 Å². The Morgan fingerprint density at radius 2 is 1.80 bits per heavy atom. The Hall–Kier alpha value is -0.570. The van der Waals surface area contributed by atoms with Crippen LogP contribution in [0.5, 0.6) is 0 Å². The Morgan fingerprint density at radius 1 is 1.40 bits per heavy atom. The van der Waals surface area contributed by atoms with Crippen LogP contribution in [0.4, 0.5) is 0 Å². The first-order valence-corrected chi connectivity index (χ1v) is 3.66. The summed E-state index contributed by atoms with van der Waals surface area (Å²) >= 11 is 0. The highest BCUT2D eigenvalue weighted by molar-refractivity contribution is 5.72. The second-order valence-electron chi connectivity index (χ2n) is 2.26. The molecule has 1 rings (SSSR count). The molecule has 10 heavy (non-hydrogen) atoms. The van der Waals surface area contributed by atoms with Gasteiger partial charge in [0.2, 0.25) is 5.91 Å². The first-order chi connectivity index (χ1) is 4.77. The minimum atomic E-state index is 0.00463. The Morgan fingerprint density at radius 3 is 1.90 bits per heavy atom. The molecule has 1 fully saturated rings. The van der Waals surface area contributed by atoms with E-state index in [4.69, 9.17) is 0 Å². The molecule has 0 unspecified atom stereocenters.